The molecule has 100 valence electrons. The van der Waals surface area contributed by atoms with Gasteiger partial charge in [0.05, 0.1) is 0 Å². The minimum Gasteiger partial charge on any atom is -0.479 e. The standard InChI is InChI=1S/C15H22O3/c1-10-5-7-12(15(2,3)4)9-11(10)6-8-13(16)14(17)18/h5,7,9,13,16H,6,8H2,1-4H3,(H,17,18). The first-order valence-corrected chi connectivity index (χ1v) is 6.22. The minimum absolute atomic E-state index is 0.0772. The van der Waals surface area contributed by atoms with Gasteiger partial charge in [-0.2, -0.15) is 0 Å². The average Bonchev–Trinajstić information content (AvgIpc) is 2.25. The van der Waals surface area contributed by atoms with E-state index in [1.54, 1.807) is 0 Å². The number of aliphatic carboxylic acids is 1. The summed E-state index contributed by atoms with van der Waals surface area (Å²) in [6.45, 7) is 8.45. The van der Waals surface area contributed by atoms with Crippen LogP contribution >= 0.6 is 0 Å². The van der Waals surface area contributed by atoms with E-state index in [0.717, 1.165) is 11.1 Å². The van der Waals surface area contributed by atoms with E-state index in [4.69, 9.17) is 5.11 Å². The van der Waals surface area contributed by atoms with Crippen LogP contribution in [0.5, 0.6) is 0 Å². The lowest BCUT2D eigenvalue weighted by atomic mass is 9.84. The third kappa shape index (κ3) is 3.84. The Hall–Kier alpha value is -1.35. The second kappa shape index (κ2) is 5.53. The molecule has 0 fully saturated rings. The SMILES string of the molecule is Cc1ccc(C(C)(C)C)cc1CCC(O)C(=O)O. The Morgan fingerprint density at radius 1 is 1.33 bits per heavy atom. The normalized spacial score (nSPS) is 13.4. The molecule has 1 rings (SSSR count). The molecule has 1 aromatic carbocycles. The summed E-state index contributed by atoms with van der Waals surface area (Å²) < 4.78 is 0. The summed E-state index contributed by atoms with van der Waals surface area (Å²) in [6, 6.07) is 6.28. The van der Waals surface area contributed by atoms with E-state index in [-0.39, 0.29) is 11.8 Å². The zero-order valence-electron chi connectivity index (χ0n) is 11.5. The van der Waals surface area contributed by atoms with Gasteiger partial charge < -0.3 is 10.2 Å². The van der Waals surface area contributed by atoms with Crippen molar-refractivity contribution in [1.29, 1.82) is 0 Å². The highest BCUT2D eigenvalue weighted by molar-refractivity contribution is 5.71. The van der Waals surface area contributed by atoms with E-state index in [1.807, 2.05) is 6.92 Å². The fourth-order valence-electron chi connectivity index (χ4n) is 1.82. The number of hydrogen-bond acceptors (Lipinski definition) is 2. The van der Waals surface area contributed by atoms with E-state index >= 15 is 0 Å². The molecule has 18 heavy (non-hydrogen) atoms. The maximum atomic E-state index is 10.6. The Balaban J connectivity index is 2.85. The summed E-state index contributed by atoms with van der Waals surface area (Å²) in [7, 11) is 0. The topological polar surface area (TPSA) is 57.5 Å². The third-order valence-corrected chi connectivity index (χ3v) is 3.19. The molecule has 0 bridgehead atoms. The maximum Gasteiger partial charge on any atom is 0.332 e. The molecule has 1 unspecified atom stereocenters. The number of carboxylic acids is 1. The van der Waals surface area contributed by atoms with Crippen LogP contribution in [0.25, 0.3) is 0 Å². The second-order valence-electron chi connectivity index (χ2n) is 5.78. The molecule has 0 radical (unpaired) electrons. The van der Waals surface area contributed by atoms with Gasteiger partial charge in [0.1, 0.15) is 0 Å². The summed E-state index contributed by atoms with van der Waals surface area (Å²) >= 11 is 0. The molecule has 2 N–H and O–H groups in total. The van der Waals surface area contributed by atoms with Crippen molar-refractivity contribution in [1.82, 2.24) is 0 Å². The van der Waals surface area contributed by atoms with Gasteiger partial charge in [0.15, 0.2) is 6.10 Å². The first kappa shape index (κ1) is 14.7. The van der Waals surface area contributed by atoms with Crippen LogP contribution < -0.4 is 0 Å². The van der Waals surface area contributed by atoms with Gasteiger partial charge in [0, 0.05) is 0 Å². The fourth-order valence-corrected chi connectivity index (χ4v) is 1.82. The third-order valence-electron chi connectivity index (χ3n) is 3.19. The highest BCUT2D eigenvalue weighted by Crippen LogP contribution is 2.25. The predicted molar refractivity (Wildman–Crippen MR) is 71.8 cm³/mol. The number of rotatable bonds is 4. The van der Waals surface area contributed by atoms with Crippen LogP contribution in [0.2, 0.25) is 0 Å². The van der Waals surface area contributed by atoms with Crippen molar-refractivity contribution in [2.75, 3.05) is 0 Å². The van der Waals surface area contributed by atoms with Gasteiger partial charge in [-0.3, -0.25) is 0 Å². The Morgan fingerprint density at radius 3 is 2.44 bits per heavy atom. The first-order chi connectivity index (χ1) is 8.21. The van der Waals surface area contributed by atoms with Gasteiger partial charge in [0.2, 0.25) is 0 Å². The van der Waals surface area contributed by atoms with E-state index < -0.39 is 12.1 Å². The van der Waals surface area contributed by atoms with Crippen LogP contribution in [0.1, 0.15) is 43.9 Å². The summed E-state index contributed by atoms with van der Waals surface area (Å²) in [6.07, 6.45) is -0.435. The average molecular weight is 250 g/mol. The van der Waals surface area contributed by atoms with Gasteiger partial charge >= 0.3 is 5.97 Å². The van der Waals surface area contributed by atoms with Crippen molar-refractivity contribution >= 4 is 5.97 Å². The summed E-state index contributed by atoms with van der Waals surface area (Å²) in [5, 5.41) is 18.0. The zero-order chi connectivity index (χ0) is 13.9. The number of carboxylic acid groups (broad SMARTS) is 1. The van der Waals surface area contributed by atoms with E-state index in [0.29, 0.717) is 6.42 Å². The number of hydrogen-bond donors (Lipinski definition) is 2. The smallest absolute Gasteiger partial charge is 0.332 e. The van der Waals surface area contributed by atoms with Crippen LogP contribution in [0, 0.1) is 6.92 Å². The van der Waals surface area contributed by atoms with Crippen molar-refractivity contribution in [2.24, 2.45) is 0 Å². The number of aliphatic hydroxyl groups is 1. The first-order valence-electron chi connectivity index (χ1n) is 6.22. The molecule has 0 amide bonds. The lowest BCUT2D eigenvalue weighted by molar-refractivity contribution is -0.146. The quantitative estimate of drug-likeness (QED) is 0.863. The second-order valence-corrected chi connectivity index (χ2v) is 5.78. The molecule has 0 aliphatic carbocycles. The molecular formula is C15H22O3. The zero-order valence-corrected chi connectivity index (χ0v) is 11.5. The van der Waals surface area contributed by atoms with E-state index in [9.17, 15) is 9.90 Å². The Labute approximate surface area is 108 Å². The van der Waals surface area contributed by atoms with Gasteiger partial charge in [-0.15, -0.1) is 0 Å². The van der Waals surface area contributed by atoms with Crippen molar-refractivity contribution in [3.05, 3.63) is 34.9 Å². The summed E-state index contributed by atoms with van der Waals surface area (Å²) in [4.78, 5) is 10.6. The van der Waals surface area contributed by atoms with Crippen molar-refractivity contribution in [3.8, 4) is 0 Å². The molecule has 3 heteroatoms. The number of carbonyl (C=O) groups is 1. The lowest BCUT2D eigenvalue weighted by Crippen LogP contribution is -2.20. The molecule has 3 nitrogen and oxygen atoms in total. The van der Waals surface area contributed by atoms with Crippen LogP contribution in [0.15, 0.2) is 18.2 Å². The highest BCUT2D eigenvalue weighted by Gasteiger charge is 2.16. The molecule has 1 atom stereocenters. The monoisotopic (exact) mass is 250 g/mol. The Bertz CT molecular complexity index is 430. The van der Waals surface area contributed by atoms with Crippen molar-refractivity contribution in [2.45, 2.75) is 52.1 Å². The van der Waals surface area contributed by atoms with Gasteiger partial charge in [0.25, 0.3) is 0 Å². The van der Waals surface area contributed by atoms with E-state index in [2.05, 4.69) is 39.0 Å². The summed E-state index contributed by atoms with van der Waals surface area (Å²) in [5.74, 6) is -1.15. The van der Waals surface area contributed by atoms with Gasteiger partial charge in [-0.1, -0.05) is 39.0 Å². The maximum absolute atomic E-state index is 10.6. The van der Waals surface area contributed by atoms with Crippen LogP contribution in [-0.4, -0.2) is 22.3 Å². The van der Waals surface area contributed by atoms with Crippen molar-refractivity contribution in [3.63, 3.8) is 0 Å². The molecule has 0 saturated heterocycles. The highest BCUT2D eigenvalue weighted by atomic mass is 16.4. The number of aryl methyl sites for hydroxylation is 2. The molecule has 0 saturated carbocycles. The number of aliphatic hydroxyl groups excluding tert-OH is 1. The fraction of sp³-hybridized carbons (Fsp3) is 0.533. The Kier molecular flexibility index (Phi) is 4.52. The molecule has 0 aliphatic rings. The lowest BCUT2D eigenvalue weighted by Gasteiger charge is -2.21. The Morgan fingerprint density at radius 2 is 1.94 bits per heavy atom. The molecule has 0 aliphatic heterocycles. The molecular weight excluding hydrogens is 228 g/mol. The van der Waals surface area contributed by atoms with E-state index in [1.165, 1.54) is 5.56 Å². The molecule has 0 heterocycles. The predicted octanol–water partition coefficient (Wildman–Crippen LogP) is 2.67. The van der Waals surface area contributed by atoms with Crippen LogP contribution in [0.3, 0.4) is 0 Å². The largest absolute Gasteiger partial charge is 0.479 e. The summed E-state index contributed by atoms with van der Waals surface area (Å²) in [5.41, 5.74) is 3.56. The van der Waals surface area contributed by atoms with Crippen LogP contribution in [0.4, 0.5) is 0 Å². The molecule has 0 spiro atoms. The van der Waals surface area contributed by atoms with Crippen molar-refractivity contribution < 1.29 is 15.0 Å². The molecule has 1 aromatic rings. The van der Waals surface area contributed by atoms with Gasteiger partial charge in [-0.25, -0.2) is 4.79 Å². The molecule has 0 aromatic heterocycles. The van der Waals surface area contributed by atoms with Crippen LogP contribution in [-0.2, 0) is 16.6 Å². The number of benzene rings is 1. The van der Waals surface area contributed by atoms with Gasteiger partial charge in [-0.05, 0) is 41.9 Å². The minimum atomic E-state index is -1.28.